The summed E-state index contributed by atoms with van der Waals surface area (Å²) in [5.41, 5.74) is 0.220. The van der Waals surface area contributed by atoms with Crippen molar-refractivity contribution in [2.24, 2.45) is 0 Å². The van der Waals surface area contributed by atoms with E-state index in [1.165, 1.54) is 32.4 Å². The molecular weight excluding hydrogens is 506 g/mol. The second-order valence-corrected chi connectivity index (χ2v) is 7.85. The molecule has 3 amide bonds. The molecule has 1 fully saturated rings. The number of anilines is 1. The highest BCUT2D eigenvalue weighted by molar-refractivity contribution is 14.1. The Balaban J connectivity index is 1.96. The van der Waals surface area contributed by atoms with Crippen LogP contribution in [0.3, 0.4) is 0 Å². The number of benzene rings is 2. The summed E-state index contributed by atoms with van der Waals surface area (Å²) in [5, 5.41) is 0. The standard InChI is InChI=1S/C21H20FIN2O5/c1-29-19(30-2)12-24(20(27)15-5-3-4-6-16(15)22)17-11-18(26)25(21(17)28)14-9-7-13(23)8-10-14/h3-10,17,19H,11-12H2,1-2H3. The molecule has 0 radical (unpaired) electrons. The minimum absolute atomic E-state index is 0.148. The average molecular weight is 526 g/mol. The molecule has 1 atom stereocenters. The molecule has 3 rings (SSSR count). The van der Waals surface area contributed by atoms with Crippen LogP contribution in [0.2, 0.25) is 0 Å². The van der Waals surface area contributed by atoms with E-state index in [0.29, 0.717) is 5.69 Å². The van der Waals surface area contributed by atoms with E-state index in [2.05, 4.69) is 22.6 Å². The summed E-state index contributed by atoms with van der Waals surface area (Å²) in [6, 6.07) is 11.3. The number of carbonyl (C=O) groups is 3. The van der Waals surface area contributed by atoms with E-state index in [1.54, 1.807) is 24.3 Å². The lowest BCUT2D eigenvalue weighted by Crippen LogP contribution is -2.49. The molecule has 30 heavy (non-hydrogen) atoms. The van der Waals surface area contributed by atoms with Gasteiger partial charge in [0.2, 0.25) is 5.91 Å². The van der Waals surface area contributed by atoms with Gasteiger partial charge < -0.3 is 14.4 Å². The maximum absolute atomic E-state index is 14.3. The first-order valence-electron chi connectivity index (χ1n) is 9.10. The molecule has 1 unspecified atom stereocenters. The Hall–Kier alpha value is -2.37. The number of rotatable bonds is 7. The number of amides is 3. The quantitative estimate of drug-likeness (QED) is 0.315. The number of ether oxygens (including phenoxy) is 2. The van der Waals surface area contributed by atoms with Gasteiger partial charge in [0.1, 0.15) is 11.9 Å². The molecule has 0 aliphatic carbocycles. The largest absolute Gasteiger partial charge is 0.354 e. The van der Waals surface area contributed by atoms with E-state index in [-0.39, 0.29) is 18.5 Å². The van der Waals surface area contributed by atoms with Crippen LogP contribution in [0.5, 0.6) is 0 Å². The van der Waals surface area contributed by atoms with E-state index in [9.17, 15) is 18.8 Å². The van der Waals surface area contributed by atoms with Gasteiger partial charge in [0.15, 0.2) is 6.29 Å². The second-order valence-electron chi connectivity index (χ2n) is 6.60. The first-order valence-corrected chi connectivity index (χ1v) is 10.2. The maximum atomic E-state index is 14.3. The normalized spacial score (nSPS) is 16.4. The Morgan fingerprint density at radius 1 is 1.17 bits per heavy atom. The van der Waals surface area contributed by atoms with Crippen molar-refractivity contribution in [2.75, 3.05) is 25.7 Å². The van der Waals surface area contributed by atoms with Gasteiger partial charge in [-0.25, -0.2) is 9.29 Å². The molecule has 1 aliphatic rings. The van der Waals surface area contributed by atoms with Crippen molar-refractivity contribution in [2.45, 2.75) is 18.8 Å². The Morgan fingerprint density at radius 3 is 2.40 bits per heavy atom. The molecule has 0 spiro atoms. The Morgan fingerprint density at radius 2 is 1.80 bits per heavy atom. The van der Waals surface area contributed by atoms with E-state index >= 15 is 0 Å². The van der Waals surface area contributed by atoms with Crippen LogP contribution in [-0.2, 0) is 19.1 Å². The summed E-state index contributed by atoms with van der Waals surface area (Å²) in [5.74, 6) is -2.44. The number of imide groups is 1. The van der Waals surface area contributed by atoms with Crippen molar-refractivity contribution in [1.82, 2.24) is 4.90 Å². The summed E-state index contributed by atoms with van der Waals surface area (Å²) >= 11 is 2.12. The zero-order chi connectivity index (χ0) is 21.8. The lowest BCUT2D eigenvalue weighted by Gasteiger charge is -2.30. The van der Waals surface area contributed by atoms with E-state index < -0.39 is 35.9 Å². The first kappa shape index (κ1) is 22.3. The van der Waals surface area contributed by atoms with Gasteiger partial charge in [0, 0.05) is 17.8 Å². The fourth-order valence-corrected chi connectivity index (χ4v) is 3.63. The molecule has 158 valence electrons. The highest BCUT2D eigenvalue weighted by Crippen LogP contribution is 2.28. The van der Waals surface area contributed by atoms with Crippen LogP contribution in [0, 0.1) is 9.39 Å². The third-order valence-electron chi connectivity index (χ3n) is 4.82. The van der Waals surface area contributed by atoms with Crippen molar-refractivity contribution < 1.29 is 28.2 Å². The molecule has 0 N–H and O–H groups in total. The number of methoxy groups -OCH3 is 2. The van der Waals surface area contributed by atoms with Crippen molar-refractivity contribution in [1.29, 1.82) is 0 Å². The smallest absolute Gasteiger partial charge is 0.257 e. The molecule has 1 saturated heterocycles. The van der Waals surface area contributed by atoms with Crippen LogP contribution < -0.4 is 4.90 Å². The second kappa shape index (κ2) is 9.63. The number of carbonyl (C=O) groups excluding carboxylic acids is 3. The minimum atomic E-state index is -1.10. The van der Waals surface area contributed by atoms with E-state index in [0.717, 1.165) is 19.4 Å². The molecule has 2 aromatic carbocycles. The van der Waals surface area contributed by atoms with Gasteiger partial charge in [-0.2, -0.15) is 0 Å². The van der Waals surface area contributed by atoms with Crippen molar-refractivity contribution >= 4 is 46.0 Å². The summed E-state index contributed by atoms with van der Waals surface area (Å²) < 4.78 is 25.6. The molecule has 1 heterocycles. The number of hydrogen-bond acceptors (Lipinski definition) is 5. The SMILES string of the molecule is COC(CN(C(=O)c1ccccc1F)C1CC(=O)N(c2ccc(I)cc2)C1=O)OC. The maximum Gasteiger partial charge on any atom is 0.257 e. The van der Waals surface area contributed by atoms with Crippen LogP contribution in [0.1, 0.15) is 16.8 Å². The molecule has 9 heteroatoms. The monoisotopic (exact) mass is 526 g/mol. The van der Waals surface area contributed by atoms with Gasteiger partial charge in [0.25, 0.3) is 11.8 Å². The molecule has 0 bridgehead atoms. The summed E-state index contributed by atoms with van der Waals surface area (Å²) in [7, 11) is 2.78. The summed E-state index contributed by atoms with van der Waals surface area (Å²) in [6.07, 6.45) is -1.07. The van der Waals surface area contributed by atoms with Gasteiger partial charge in [-0.15, -0.1) is 0 Å². The predicted molar refractivity (Wildman–Crippen MR) is 115 cm³/mol. The molecular formula is C21H20FIN2O5. The first-order chi connectivity index (χ1) is 14.4. The topological polar surface area (TPSA) is 76.2 Å². The highest BCUT2D eigenvalue weighted by atomic mass is 127. The average Bonchev–Trinajstić information content (AvgIpc) is 3.03. The lowest BCUT2D eigenvalue weighted by atomic mass is 10.1. The predicted octanol–water partition coefficient (Wildman–Crippen LogP) is 2.82. The third kappa shape index (κ3) is 4.52. The fraction of sp³-hybridized carbons (Fsp3) is 0.286. The molecule has 0 aromatic heterocycles. The number of hydrogen-bond donors (Lipinski definition) is 0. The van der Waals surface area contributed by atoms with E-state index in [1.807, 2.05) is 0 Å². The lowest BCUT2D eigenvalue weighted by molar-refractivity contribution is -0.128. The number of halogens is 2. The Labute approximate surface area is 186 Å². The Bertz CT molecular complexity index is 949. The summed E-state index contributed by atoms with van der Waals surface area (Å²) in [4.78, 5) is 41.2. The van der Waals surface area contributed by atoms with Gasteiger partial charge >= 0.3 is 0 Å². The van der Waals surface area contributed by atoms with Crippen molar-refractivity contribution in [3.05, 3.63) is 63.5 Å². The third-order valence-corrected chi connectivity index (χ3v) is 5.54. The zero-order valence-electron chi connectivity index (χ0n) is 16.4. The molecule has 0 saturated carbocycles. The van der Waals surface area contributed by atoms with Crippen LogP contribution in [0.4, 0.5) is 10.1 Å². The molecule has 1 aliphatic heterocycles. The van der Waals surface area contributed by atoms with Crippen molar-refractivity contribution in [3.8, 4) is 0 Å². The van der Waals surface area contributed by atoms with Crippen LogP contribution in [-0.4, -0.2) is 55.7 Å². The van der Waals surface area contributed by atoms with Gasteiger partial charge in [0.05, 0.1) is 24.2 Å². The van der Waals surface area contributed by atoms with Gasteiger partial charge in [-0.05, 0) is 59.0 Å². The molecule has 2 aromatic rings. The zero-order valence-corrected chi connectivity index (χ0v) is 18.5. The van der Waals surface area contributed by atoms with Crippen LogP contribution >= 0.6 is 22.6 Å². The van der Waals surface area contributed by atoms with Crippen LogP contribution in [0.25, 0.3) is 0 Å². The van der Waals surface area contributed by atoms with Crippen LogP contribution in [0.15, 0.2) is 48.5 Å². The van der Waals surface area contributed by atoms with E-state index in [4.69, 9.17) is 9.47 Å². The number of nitrogens with zero attached hydrogens (tertiary/aromatic N) is 2. The van der Waals surface area contributed by atoms with Gasteiger partial charge in [-0.3, -0.25) is 14.4 Å². The Kier molecular flexibility index (Phi) is 7.16. The molecule has 7 nitrogen and oxygen atoms in total. The fourth-order valence-electron chi connectivity index (χ4n) is 3.27. The highest BCUT2D eigenvalue weighted by Gasteiger charge is 2.45. The van der Waals surface area contributed by atoms with Gasteiger partial charge in [-0.1, -0.05) is 12.1 Å². The summed E-state index contributed by atoms with van der Waals surface area (Å²) in [6.45, 7) is -0.148. The minimum Gasteiger partial charge on any atom is -0.354 e. The van der Waals surface area contributed by atoms with Crippen molar-refractivity contribution in [3.63, 3.8) is 0 Å².